The molecule has 1 aliphatic heterocycles. The summed E-state index contributed by atoms with van der Waals surface area (Å²) in [6.07, 6.45) is 0. The number of hydrogen-bond donors (Lipinski definition) is 1. The number of hydrogen-bond acceptors (Lipinski definition) is 5. The highest BCUT2D eigenvalue weighted by molar-refractivity contribution is 6.46. The molecule has 0 atom stereocenters. The van der Waals surface area contributed by atoms with Gasteiger partial charge in [-0.15, -0.1) is 0 Å². The lowest BCUT2D eigenvalue weighted by Gasteiger charge is -2.16. The van der Waals surface area contributed by atoms with E-state index in [9.17, 15) is 9.59 Å². The molecule has 0 fully saturated rings. The van der Waals surface area contributed by atoms with Crippen LogP contribution in [0.3, 0.4) is 0 Å². The predicted octanol–water partition coefficient (Wildman–Crippen LogP) is 5.41. The van der Waals surface area contributed by atoms with E-state index in [-0.39, 0.29) is 11.3 Å². The summed E-state index contributed by atoms with van der Waals surface area (Å²) in [7, 11) is 3.02. The van der Waals surface area contributed by atoms with Gasteiger partial charge in [-0.25, -0.2) is 4.90 Å². The lowest BCUT2D eigenvalue weighted by Crippen LogP contribution is -2.32. The molecule has 2 amide bonds. The Kier molecular flexibility index (Phi) is 6.08. The number of anilines is 2. The third kappa shape index (κ3) is 3.90. The van der Waals surface area contributed by atoms with Crippen molar-refractivity contribution >= 4 is 52.0 Å². The van der Waals surface area contributed by atoms with Gasteiger partial charge in [0.1, 0.15) is 17.2 Å². The molecule has 0 saturated carbocycles. The first-order valence-electron chi connectivity index (χ1n) is 9.57. The van der Waals surface area contributed by atoms with Crippen LogP contribution in [0.4, 0.5) is 11.4 Å². The van der Waals surface area contributed by atoms with Crippen molar-refractivity contribution in [2.75, 3.05) is 24.4 Å². The van der Waals surface area contributed by atoms with Crippen LogP contribution in [-0.2, 0) is 9.59 Å². The van der Waals surface area contributed by atoms with Gasteiger partial charge >= 0.3 is 0 Å². The number of benzene rings is 3. The maximum absolute atomic E-state index is 13.5. The van der Waals surface area contributed by atoms with Crippen molar-refractivity contribution in [1.82, 2.24) is 0 Å². The average Bonchev–Trinajstić information content (AvgIpc) is 3.03. The molecule has 162 valence electrons. The Balaban J connectivity index is 1.85. The Morgan fingerprint density at radius 1 is 0.812 bits per heavy atom. The molecule has 8 heteroatoms. The van der Waals surface area contributed by atoms with E-state index in [4.69, 9.17) is 32.7 Å². The largest absolute Gasteiger partial charge is 0.496 e. The van der Waals surface area contributed by atoms with Crippen LogP contribution in [0.15, 0.2) is 72.4 Å². The summed E-state index contributed by atoms with van der Waals surface area (Å²) in [6.45, 7) is 0. The van der Waals surface area contributed by atoms with Crippen molar-refractivity contribution in [3.63, 3.8) is 0 Å². The van der Waals surface area contributed by atoms with E-state index in [0.29, 0.717) is 38.5 Å². The third-order valence-electron chi connectivity index (χ3n) is 4.95. The molecule has 3 aromatic carbocycles. The number of para-hydroxylation sites is 1. The Morgan fingerprint density at radius 2 is 1.56 bits per heavy atom. The second kappa shape index (κ2) is 8.94. The first-order chi connectivity index (χ1) is 15.4. The molecule has 1 heterocycles. The molecule has 1 aliphatic rings. The highest BCUT2D eigenvalue weighted by Gasteiger charge is 2.41. The maximum Gasteiger partial charge on any atom is 0.282 e. The Bertz CT molecular complexity index is 1260. The first kappa shape index (κ1) is 21.7. The van der Waals surface area contributed by atoms with Crippen LogP contribution in [0.5, 0.6) is 11.5 Å². The maximum atomic E-state index is 13.5. The van der Waals surface area contributed by atoms with Crippen LogP contribution in [0.1, 0.15) is 5.56 Å². The lowest BCUT2D eigenvalue weighted by atomic mass is 10.0. The van der Waals surface area contributed by atoms with E-state index in [2.05, 4.69) is 5.32 Å². The van der Waals surface area contributed by atoms with E-state index in [0.717, 1.165) is 4.90 Å². The smallest absolute Gasteiger partial charge is 0.282 e. The van der Waals surface area contributed by atoms with Gasteiger partial charge in [0.05, 0.1) is 30.5 Å². The van der Waals surface area contributed by atoms with Crippen LogP contribution < -0.4 is 19.7 Å². The average molecular weight is 469 g/mol. The number of methoxy groups -OCH3 is 2. The summed E-state index contributed by atoms with van der Waals surface area (Å²) in [5.41, 5.74) is 1.65. The van der Waals surface area contributed by atoms with Gasteiger partial charge in [0.25, 0.3) is 11.8 Å². The number of halogens is 2. The fourth-order valence-corrected chi connectivity index (χ4v) is 3.93. The molecule has 0 spiro atoms. The molecule has 0 radical (unpaired) electrons. The van der Waals surface area contributed by atoms with Gasteiger partial charge in [0, 0.05) is 16.3 Å². The topological polar surface area (TPSA) is 67.9 Å². The van der Waals surface area contributed by atoms with Gasteiger partial charge in [0.15, 0.2) is 0 Å². The van der Waals surface area contributed by atoms with Crippen molar-refractivity contribution in [1.29, 1.82) is 0 Å². The molecule has 0 saturated heterocycles. The lowest BCUT2D eigenvalue weighted by molar-refractivity contribution is -0.120. The van der Waals surface area contributed by atoms with Crippen molar-refractivity contribution in [2.45, 2.75) is 0 Å². The molecule has 4 rings (SSSR count). The van der Waals surface area contributed by atoms with Gasteiger partial charge in [0.2, 0.25) is 0 Å². The zero-order chi connectivity index (χ0) is 22.8. The van der Waals surface area contributed by atoms with Crippen LogP contribution in [0, 0.1) is 0 Å². The fraction of sp³-hybridized carbons (Fsp3) is 0.0833. The fourth-order valence-electron chi connectivity index (χ4n) is 3.48. The summed E-state index contributed by atoms with van der Waals surface area (Å²) in [4.78, 5) is 28.1. The number of nitrogens with one attached hydrogen (secondary N) is 1. The van der Waals surface area contributed by atoms with E-state index in [1.807, 2.05) is 0 Å². The minimum absolute atomic E-state index is 0.0979. The molecule has 3 aromatic rings. The normalized spacial score (nSPS) is 13.6. The number of carbonyl (C=O) groups is 2. The number of amides is 2. The molecule has 0 unspecified atom stereocenters. The van der Waals surface area contributed by atoms with Crippen LogP contribution >= 0.6 is 23.2 Å². The number of imide groups is 1. The monoisotopic (exact) mass is 468 g/mol. The number of ether oxygens (including phenoxy) is 2. The summed E-state index contributed by atoms with van der Waals surface area (Å²) < 4.78 is 10.6. The predicted molar refractivity (Wildman–Crippen MR) is 125 cm³/mol. The van der Waals surface area contributed by atoms with Gasteiger partial charge in [-0.1, -0.05) is 47.5 Å². The summed E-state index contributed by atoms with van der Waals surface area (Å²) in [6, 6.07) is 18.6. The second-order valence-corrected chi connectivity index (χ2v) is 7.69. The van der Waals surface area contributed by atoms with E-state index >= 15 is 0 Å². The summed E-state index contributed by atoms with van der Waals surface area (Å²) in [5, 5.41) is 3.84. The highest BCUT2D eigenvalue weighted by Crippen LogP contribution is 2.38. The Hall–Kier alpha value is -3.48. The number of rotatable bonds is 6. The molecule has 0 aromatic heterocycles. The molecule has 1 N–H and O–H groups in total. The van der Waals surface area contributed by atoms with Gasteiger partial charge < -0.3 is 14.8 Å². The molecule has 32 heavy (non-hydrogen) atoms. The zero-order valence-corrected chi connectivity index (χ0v) is 18.7. The van der Waals surface area contributed by atoms with Crippen LogP contribution in [0.2, 0.25) is 10.0 Å². The molecule has 6 nitrogen and oxygen atoms in total. The summed E-state index contributed by atoms with van der Waals surface area (Å²) in [5.74, 6) is -0.0665. The van der Waals surface area contributed by atoms with Crippen LogP contribution in [0.25, 0.3) is 5.57 Å². The van der Waals surface area contributed by atoms with Gasteiger partial charge in [-0.05, 0) is 42.5 Å². The standard InChI is InChI=1S/C24H18Cl2N2O4/c1-31-19-9-4-3-8-17(19)21-22(27-15-10-11-20(32-2)18(26)13-15)24(30)28(23(21)29)16-7-5-6-14(25)12-16/h3-13,27H,1-2H3. The second-order valence-electron chi connectivity index (χ2n) is 6.85. The van der Waals surface area contributed by atoms with Gasteiger partial charge in [-0.2, -0.15) is 0 Å². The van der Waals surface area contributed by atoms with Crippen molar-refractivity contribution in [2.24, 2.45) is 0 Å². The summed E-state index contributed by atoms with van der Waals surface area (Å²) >= 11 is 12.4. The Morgan fingerprint density at radius 3 is 2.25 bits per heavy atom. The quantitative estimate of drug-likeness (QED) is 0.490. The third-order valence-corrected chi connectivity index (χ3v) is 5.48. The minimum atomic E-state index is -0.523. The van der Waals surface area contributed by atoms with E-state index < -0.39 is 11.8 Å². The SMILES string of the molecule is COc1ccc(NC2=C(c3ccccc3OC)C(=O)N(c3cccc(Cl)c3)C2=O)cc1Cl. The van der Waals surface area contributed by atoms with Crippen molar-refractivity contribution in [3.05, 3.63) is 88.0 Å². The molecular weight excluding hydrogens is 451 g/mol. The molecular formula is C24H18Cl2N2O4. The highest BCUT2D eigenvalue weighted by atomic mass is 35.5. The zero-order valence-electron chi connectivity index (χ0n) is 17.2. The minimum Gasteiger partial charge on any atom is -0.496 e. The van der Waals surface area contributed by atoms with Gasteiger partial charge in [-0.3, -0.25) is 9.59 Å². The van der Waals surface area contributed by atoms with Crippen LogP contribution in [-0.4, -0.2) is 26.0 Å². The van der Waals surface area contributed by atoms with E-state index in [1.54, 1.807) is 66.7 Å². The number of nitrogens with zero attached hydrogens (tertiary/aromatic N) is 1. The molecule has 0 bridgehead atoms. The van der Waals surface area contributed by atoms with Crippen molar-refractivity contribution in [3.8, 4) is 11.5 Å². The molecule has 0 aliphatic carbocycles. The van der Waals surface area contributed by atoms with E-state index in [1.165, 1.54) is 14.2 Å². The van der Waals surface area contributed by atoms with Crippen molar-refractivity contribution < 1.29 is 19.1 Å². The first-order valence-corrected chi connectivity index (χ1v) is 10.3. The Labute approximate surface area is 195 Å². The number of carbonyl (C=O) groups excluding carboxylic acids is 2.